The van der Waals surface area contributed by atoms with Crippen molar-refractivity contribution < 1.29 is 14.0 Å². The monoisotopic (exact) mass is 458 g/mol. The van der Waals surface area contributed by atoms with Crippen LogP contribution < -0.4 is 10.9 Å². The van der Waals surface area contributed by atoms with E-state index >= 15 is 0 Å². The molecule has 0 radical (unpaired) electrons. The van der Waals surface area contributed by atoms with Crippen molar-refractivity contribution in [1.82, 2.24) is 19.5 Å². The molecular weight excluding hydrogens is 432 g/mol. The molecule has 8 nitrogen and oxygen atoms in total. The molecule has 27 heavy (non-hydrogen) atoms. The summed E-state index contributed by atoms with van der Waals surface area (Å²) >= 11 is 3.35. The summed E-state index contributed by atoms with van der Waals surface area (Å²) in [4.78, 5) is 28.4. The Balaban J connectivity index is 1.84. The summed E-state index contributed by atoms with van der Waals surface area (Å²) in [6.07, 6.45) is -0.565. The highest BCUT2D eigenvalue weighted by Gasteiger charge is 2.36. The zero-order valence-corrected chi connectivity index (χ0v) is 19.2. The number of ether oxygens (including phenoxy) is 1. The molecule has 150 valence electrons. The van der Waals surface area contributed by atoms with Gasteiger partial charge in [0.1, 0.15) is 11.2 Å². The van der Waals surface area contributed by atoms with Crippen molar-refractivity contribution >= 4 is 36.0 Å². The molecule has 2 aromatic rings. The lowest BCUT2D eigenvalue weighted by molar-refractivity contribution is 0.136. The van der Waals surface area contributed by atoms with Gasteiger partial charge < -0.3 is 14.5 Å². The number of hydrogen-bond acceptors (Lipinski definition) is 5. The molecule has 0 spiro atoms. The Bertz CT molecular complexity index is 885. The SMILES string of the molecule is Cn1c(Br)cc2nc(COC(=O)NCCO[Si](C)(C)C(C)(C)C)cc(=O)n21. The second-order valence-electron chi connectivity index (χ2n) is 7.86. The Morgan fingerprint density at radius 1 is 1.33 bits per heavy atom. The van der Waals surface area contributed by atoms with Crippen LogP contribution >= 0.6 is 15.9 Å². The van der Waals surface area contributed by atoms with E-state index in [0.717, 1.165) is 4.60 Å². The molecule has 0 aromatic carbocycles. The molecule has 0 saturated heterocycles. The molecule has 2 rings (SSSR count). The molecule has 2 aromatic heterocycles. The third-order valence-electron chi connectivity index (χ3n) is 4.82. The normalized spacial score (nSPS) is 12.4. The first-order valence-electron chi connectivity index (χ1n) is 8.71. The van der Waals surface area contributed by atoms with Crippen LogP contribution in [0.25, 0.3) is 5.65 Å². The van der Waals surface area contributed by atoms with Crippen molar-refractivity contribution in [2.45, 2.75) is 45.5 Å². The summed E-state index contributed by atoms with van der Waals surface area (Å²) in [6.45, 7) is 11.5. The minimum Gasteiger partial charge on any atom is -0.443 e. The summed E-state index contributed by atoms with van der Waals surface area (Å²) in [5, 5.41) is 2.78. The summed E-state index contributed by atoms with van der Waals surface area (Å²) in [6, 6.07) is 3.08. The second kappa shape index (κ2) is 8.15. The molecule has 1 N–H and O–H groups in total. The van der Waals surface area contributed by atoms with E-state index in [1.54, 1.807) is 17.8 Å². The van der Waals surface area contributed by atoms with Crippen molar-refractivity contribution in [3.05, 3.63) is 32.8 Å². The van der Waals surface area contributed by atoms with Crippen LogP contribution in [0.3, 0.4) is 0 Å². The van der Waals surface area contributed by atoms with E-state index in [9.17, 15) is 9.59 Å². The van der Waals surface area contributed by atoms with Crippen LogP contribution in [0.15, 0.2) is 21.5 Å². The number of aromatic nitrogens is 3. The molecule has 0 aliphatic carbocycles. The molecular formula is C17H27BrN4O4Si. The zero-order chi connectivity index (χ0) is 20.4. The molecule has 0 aliphatic rings. The van der Waals surface area contributed by atoms with Gasteiger partial charge in [0.05, 0.1) is 12.3 Å². The van der Waals surface area contributed by atoms with Gasteiger partial charge in [0.2, 0.25) is 0 Å². The van der Waals surface area contributed by atoms with Crippen LogP contribution in [-0.4, -0.2) is 41.7 Å². The lowest BCUT2D eigenvalue weighted by Crippen LogP contribution is -2.42. The lowest BCUT2D eigenvalue weighted by Gasteiger charge is -2.36. The maximum atomic E-state index is 12.2. The fourth-order valence-corrected chi connectivity index (χ4v) is 3.58. The number of fused-ring (bicyclic) bond motifs is 1. The Labute approximate surface area is 168 Å². The maximum absolute atomic E-state index is 12.2. The average molecular weight is 459 g/mol. The molecule has 0 atom stereocenters. The first kappa shape index (κ1) is 21.6. The maximum Gasteiger partial charge on any atom is 0.407 e. The van der Waals surface area contributed by atoms with E-state index < -0.39 is 14.4 Å². The quantitative estimate of drug-likeness (QED) is 0.530. The van der Waals surface area contributed by atoms with Gasteiger partial charge in [0, 0.05) is 25.7 Å². The molecule has 0 bridgehead atoms. The lowest BCUT2D eigenvalue weighted by atomic mass is 10.2. The minimum atomic E-state index is -1.83. The molecule has 0 unspecified atom stereocenters. The van der Waals surface area contributed by atoms with Crippen molar-refractivity contribution in [1.29, 1.82) is 0 Å². The van der Waals surface area contributed by atoms with Crippen molar-refractivity contribution in [2.75, 3.05) is 13.2 Å². The number of aryl methyl sites for hydroxylation is 1. The number of alkyl carbamates (subject to hydrolysis) is 1. The van der Waals surface area contributed by atoms with Crippen LogP contribution in [-0.2, 0) is 22.8 Å². The number of nitrogens with zero attached hydrogens (tertiary/aromatic N) is 3. The Hall–Kier alpha value is -1.65. The van der Waals surface area contributed by atoms with E-state index in [2.05, 4.69) is 60.1 Å². The highest BCUT2D eigenvalue weighted by atomic mass is 79.9. The molecule has 1 amide bonds. The van der Waals surface area contributed by atoms with Gasteiger partial charge in [0.25, 0.3) is 5.56 Å². The highest BCUT2D eigenvalue weighted by molar-refractivity contribution is 9.10. The number of hydrogen-bond donors (Lipinski definition) is 1. The smallest absolute Gasteiger partial charge is 0.407 e. The Morgan fingerprint density at radius 2 is 2.00 bits per heavy atom. The van der Waals surface area contributed by atoms with Gasteiger partial charge in [-0.1, -0.05) is 20.8 Å². The van der Waals surface area contributed by atoms with E-state index in [1.807, 2.05) is 0 Å². The third-order valence-corrected chi connectivity index (χ3v) is 10.1. The van der Waals surface area contributed by atoms with Crippen LogP contribution in [0.4, 0.5) is 4.79 Å². The number of amides is 1. The van der Waals surface area contributed by atoms with Gasteiger partial charge in [-0.25, -0.2) is 9.78 Å². The largest absolute Gasteiger partial charge is 0.443 e. The van der Waals surface area contributed by atoms with Crippen LogP contribution in [0.1, 0.15) is 26.5 Å². The first-order chi connectivity index (χ1) is 12.4. The van der Waals surface area contributed by atoms with Gasteiger partial charge in [0.15, 0.2) is 14.0 Å². The highest BCUT2D eigenvalue weighted by Crippen LogP contribution is 2.36. The van der Waals surface area contributed by atoms with E-state index in [4.69, 9.17) is 9.16 Å². The van der Waals surface area contributed by atoms with Crippen molar-refractivity contribution in [3.63, 3.8) is 0 Å². The standard InChI is InChI=1S/C17H27BrN4O4Si/c1-17(2,3)27(5,6)26-8-7-19-16(24)25-11-12-9-15(23)22-14(20-12)10-13(18)21(22)4/h9-10H,7-8,11H2,1-6H3,(H,19,24). The van der Waals surface area contributed by atoms with Gasteiger partial charge in [-0.2, -0.15) is 4.52 Å². The third kappa shape index (κ3) is 5.20. The summed E-state index contributed by atoms with van der Waals surface area (Å²) in [5.41, 5.74) is 0.638. The van der Waals surface area contributed by atoms with Gasteiger partial charge >= 0.3 is 6.09 Å². The van der Waals surface area contributed by atoms with Crippen molar-refractivity contribution in [2.24, 2.45) is 7.05 Å². The number of rotatable bonds is 6. The molecule has 0 saturated carbocycles. The number of carbonyl (C=O) groups excluding carboxylic acids is 1. The van der Waals surface area contributed by atoms with Gasteiger partial charge in [-0.3, -0.25) is 9.48 Å². The Morgan fingerprint density at radius 3 is 2.63 bits per heavy atom. The second-order valence-corrected chi connectivity index (χ2v) is 13.5. The fourth-order valence-electron chi connectivity index (χ4n) is 2.17. The number of carbonyl (C=O) groups is 1. The predicted octanol–water partition coefficient (Wildman–Crippen LogP) is 3.04. The van der Waals surface area contributed by atoms with Crippen LogP contribution in [0, 0.1) is 0 Å². The summed E-state index contributed by atoms with van der Waals surface area (Å²) < 4.78 is 14.9. The topological polar surface area (TPSA) is 86.9 Å². The van der Waals surface area contributed by atoms with E-state index in [1.165, 1.54) is 10.6 Å². The van der Waals surface area contributed by atoms with Crippen LogP contribution in [0.2, 0.25) is 18.1 Å². The summed E-state index contributed by atoms with van der Waals surface area (Å²) in [7, 11) is -0.0824. The van der Waals surface area contributed by atoms with E-state index in [-0.39, 0.29) is 17.2 Å². The Kier molecular flexibility index (Phi) is 6.54. The van der Waals surface area contributed by atoms with Crippen molar-refractivity contribution in [3.8, 4) is 0 Å². The molecule has 0 fully saturated rings. The zero-order valence-electron chi connectivity index (χ0n) is 16.6. The van der Waals surface area contributed by atoms with Crippen LogP contribution in [0.5, 0.6) is 0 Å². The first-order valence-corrected chi connectivity index (χ1v) is 12.4. The fraction of sp³-hybridized carbons (Fsp3) is 0.588. The number of halogens is 1. The molecule has 0 aliphatic heterocycles. The average Bonchev–Trinajstić information content (AvgIpc) is 2.83. The molecule has 2 heterocycles. The van der Waals surface area contributed by atoms with Gasteiger partial charge in [-0.15, -0.1) is 0 Å². The predicted molar refractivity (Wildman–Crippen MR) is 109 cm³/mol. The minimum absolute atomic E-state index is 0.0762. The van der Waals surface area contributed by atoms with E-state index in [0.29, 0.717) is 24.5 Å². The van der Waals surface area contributed by atoms with Gasteiger partial charge in [-0.05, 0) is 34.1 Å². The summed E-state index contributed by atoms with van der Waals surface area (Å²) in [5.74, 6) is 0. The molecule has 10 heteroatoms. The number of nitrogens with one attached hydrogen (secondary N) is 1.